The summed E-state index contributed by atoms with van der Waals surface area (Å²) in [6.45, 7) is 12.6. The van der Waals surface area contributed by atoms with Crippen LogP contribution in [-0.2, 0) is 4.79 Å². The fraction of sp³-hybridized carbons (Fsp3) is 0.964. The van der Waals surface area contributed by atoms with Gasteiger partial charge in [-0.2, -0.15) is 0 Å². The van der Waals surface area contributed by atoms with Gasteiger partial charge in [-0.05, 0) is 97.2 Å². The van der Waals surface area contributed by atoms with Gasteiger partial charge in [0.1, 0.15) is 6.29 Å². The molecule has 0 heterocycles. The maximum absolute atomic E-state index is 12.1. The molecule has 1 heteroatoms. The van der Waals surface area contributed by atoms with E-state index < -0.39 is 0 Å². The van der Waals surface area contributed by atoms with Gasteiger partial charge in [0.2, 0.25) is 0 Å². The lowest BCUT2D eigenvalue weighted by Gasteiger charge is -2.62. The molecule has 166 valence electrons. The van der Waals surface area contributed by atoms with Crippen molar-refractivity contribution in [3.05, 3.63) is 0 Å². The van der Waals surface area contributed by atoms with Gasteiger partial charge in [0.05, 0.1) is 0 Å². The second-order valence-electron chi connectivity index (χ2n) is 12.8. The zero-order chi connectivity index (χ0) is 20.8. The molecule has 0 aromatic heterocycles. The normalized spacial score (nSPS) is 47.9. The van der Waals surface area contributed by atoms with Crippen molar-refractivity contribution in [3.63, 3.8) is 0 Å². The summed E-state index contributed by atoms with van der Waals surface area (Å²) in [5.41, 5.74) is 0.999. The Morgan fingerprint density at radius 2 is 1.62 bits per heavy atom. The molecule has 29 heavy (non-hydrogen) atoms. The lowest BCUT2D eigenvalue weighted by Crippen LogP contribution is -2.55. The molecule has 1 nitrogen and oxygen atoms in total. The lowest BCUT2D eigenvalue weighted by molar-refractivity contribution is -0.147. The fourth-order valence-electron chi connectivity index (χ4n) is 9.64. The van der Waals surface area contributed by atoms with Crippen molar-refractivity contribution in [2.24, 2.45) is 58.2 Å². The van der Waals surface area contributed by atoms with Crippen LogP contribution in [0.1, 0.15) is 112 Å². The second-order valence-corrected chi connectivity index (χ2v) is 12.8. The van der Waals surface area contributed by atoms with Crippen LogP contribution in [0.25, 0.3) is 0 Å². The van der Waals surface area contributed by atoms with Crippen LogP contribution >= 0.6 is 0 Å². The first kappa shape index (κ1) is 21.9. The van der Waals surface area contributed by atoms with Crippen LogP contribution in [-0.4, -0.2) is 6.29 Å². The van der Waals surface area contributed by atoms with Gasteiger partial charge in [0.15, 0.2) is 0 Å². The van der Waals surface area contributed by atoms with Gasteiger partial charge in [-0.1, -0.05) is 66.7 Å². The first-order chi connectivity index (χ1) is 13.8. The Morgan fingerprint density at radius 3 is 2.34 bits per heavy atom. The number of hydrogen-bond acceptors (Lipinski definition) is 1. The summed E-state index contributed by atoms with van der Waals surface area (Å²) in [4.78, 5) is 12.1. The largest absolute Gasteiger partial charge is 0.303 e. The smallest absolute Gasteiger partial charge is 0.123 e. The van der Waals surface area contributed by atoms with Crippen LogP contribution in [0.15, 0.2) is 0 Å². The molecule has 1 unspecified atom stereocenters. The zero-order valence-electron chi connectivity index (χ0n) is 20.1. The minimum atomic E-state index is 0.353. The molecule has 0 amide bonds. The van der Waals surface area contributed by atoms with E-state index in [2.05, 4.69) is 34.6 Å². The average molecular weight is 401 g/mol. The molecule has 0 spiro atoms. The van der Waals surface area contributed by atoms with Crippen molar-refractivity contribution in [3.8, 4) is 0 Å². The van der Waals surface area contributed by atoms with Crippen molar-refractivity contribution < 1.29 is 4.79 Å². The van der Waals surface area contributed by atoms with Gasteiger partial charge >= 0.3 is 0 Å². The predicted octanol–water partition coefficient (Wildman–Crippen LogP) is 7.92. The van der Waals surface area contributed by atoms with Gasteiger partial charge in [0.25, 0.3) is 0 Å². The summed E-state index contributed by atoms with van der Waals surface area (Å²) in [6, 6.07) is 0. The third-order valence-electron chi connectivity index (χ3n) is 11.0. The summed E-state index contributed by atoms with van der Waals surface area (Å²) < 4.78 is 0. The molecule has 0 aromatic rings. The van der Waals surface area contributed by atoms with Crippen LogP contribution in [0.5, 0.6) is 0 Å². The quantitative estimate of drug-likeness (QED) is 0.414. The highest BCUT2D eigenvalue weighted by Gasteiger charge is 2.61. The number of hydrogen-bond donors (Lipinski definition) is 0. The number of aldehydes is 1. The number of rotatable bonds is 6. The lowest BCUT2D eigenvalue weighted by atomic mass is 9.42. The molecule has 0 aromatic carbocycles. The van der Waals surface area contributed by atoms with Crippen LogP contribution in [0.2, 0.25) is 0 Å². The van der Waals surface area contributed by atoms with Crippen molar-refractivity contribution >= 4 is 6.29 Å². The molecule has 0 N–H and O–H groups in total. The molecule has 4 rings (SSSR count). The molecule has 4 saturated carbocycles. The van der Waals surface area contributed by atoms with Crippen molar-refractivity contribution in [2.45, 2.75) is 112 Å². The third kappa shape index (κ3) is 3.65. The maximum Gasteiger partial charge on any atom is 0.123 e. The van der Waals surface area contributed by atoms with E-state index in [4.69, 9.17) is 0 Å². The van der Waals surface area contributed by atoms with Gasteiger partial charge < -0.3 is 4.79 Å². The molecular weight excluding hydrogens is 352 g/mol. The SMILES string of the molecule is CC(C)CCC[C@@H](C)[C@H]1CC[C@H]2[C@@H]3CC(C=O)[C@H]4CCCC[C@]4(C)[C@H]3CC[C@]12C. The Morgan fingerprint density at radius 1 is 0.862 bits per heavy atom. The topological polar surface area (TPSA) is 17.1 Å². The van der Waals surface area contributed by atoms with Gasteiger partial charge in [-0.15, -0.1) is 0 Å². The molecule has 4 aliphatic rings. The Balaban J connectivity index is 1.52. The van der Waals surface area contributed by atoms with Gasteiger partial charge in [0, 0.05) is 5.92 Å². The van der Waals surface area contributed by atoms with E-state index in [1.807, 2.05) is 0 Å². The van der Waals surface area contributed by atoms with Crippen molar-refractivity contribution in [1.29, 1.82) is 0 Å². The van der Waals surface area contributed by atoms with Crippen LogP contribution in [0.3, 0.4) is 0 Å². The van der Waals surface area contributed by atoms with E-state index in [0.29, 0.717) is 22.7 Å². The van der Waals surface area contributed by atoms with Crippen LogP contribution < -0.4 is 0 Å². The molecule has 9 atom stereocenters. The summed E-state index contributed by atoms with van der Waals surface area (Å²) in [5.74, 6) is 6.30. The zero-order valence-corrected chi connectivity index (χ0v) is 20.1. The average Bonchev–Trinajstić information content (AvgIpc) is 3.04. The molecule has 4 aliphatic carbocycles. The second kappa shape index (κ2) is 8.31. The first-order valence-corrected chi connectivity index (χ1v) is 13.3. The molecule has 0 radical (unpaired) electrons. The van der Waals surface area contributed by atoms with E-state index in [9.17, 15) is 4.79 Å². The van der Waals surface area contributed by atoms with Gasteiger partial charge in [-0.25, -0.2) is 0 Å². The fourth-order valence-corrected chi connectivity index (χ4v) is 9.64. The predicted molar refractivity (Wildman–Crippen MR) is 123 cm³/mol. The molecular formula is C28H48O. The van der Waals surface area contributed by atoms with E-state index >= 15 is 0 Å². The molecule has 0 bridgehead atoms. The Bertz CT molecular complexity index is 581. The third-order valence-corrected chi connectivity index (χ3v) is 11.0. The van der Waals surface area contributed by atoms with E-state index in [-0.39, 0.29) is 0 Å². The van der Waals surface area contributed by atoms with E-state index in [1.54, 1.807) is 0 Å². The highest BCUT2D eigenvalue weighted by Crippen LogP contribution is 2.69. The Kier molecular flexibility index (Phi) is 6.27. The minimum absolute atomic E-state index is 0.353. The first-order valence-electron chi connectivity index (χ1n) is 13.3. The van der Waals surface area contributed by atoms with Crippen LogP contribution in [0, 0.1) is 58.2 Å². The van der Waals surface area contributed by atoms with Gasteiger partial charge in [-0.3, -0.25) is 0 Å². The Hall–Kier alpha value is -0.330. The Labute approximate surface area is 181 Å². The van der Waals surface area contributed by atoms with Crippen molar-refractivity contribution in [2.75, 3.05) is 0 Å². The molecule has 0 saturated heterocycles. The van der Waals surface area contributed by atoms with Crippen LogP contribution in [0.4, 0.5) is 0 Å². The number of carbonyl (C=O) groups is 1. The monoisotopic (exact) mass is 400 g/mol. The van der Waals surface area contributed by atoms with E-state index in [1.165, 1.54) is 83.3 Å². The van der Waals surface area contributed by atoms with E-state index in [0.717, 1.165) is 35.5 Å². The minimum Gasteiger partial charge on any atom is -0.303 e. The summed E-state index contributed by atoms with van der Waals surface area (Å²) >= 11 is 0. The number of fused-ring (bicyclic) bond motifs is 5. The summed E-state index contributed by atoms with van der Waals surface area (Å²) in [6.07, 6.45) is 18.1. The summed E-state index contributed by atoms with van der Waals surface area (Å²) in [7, 11) is 0. The maximum atomic E-state index is 12.1. The molecule has 4 fully saturated rings. The standard InChI is InChI=1S/C28H48O/c1-19(2)9-8-10-20(3)23-12-13-25-22-17-21(18-29)24-11-6-7-15-27(24,4)26(22)14-16-28(23,25)5/h18-26H,6-17H2,1-5H3/t20-,21?,22+,23-,24-,25+,26+,27+,28-/m1/s1. The summed E-state index contributed by atoms with van der Waals surface area (Å²) in [5, 5.41) is 0. The molecule has 0 aliphatic heterocycles. The number of carbonyl (C=O) groups excluding carboxylic acids is 1. The highest BCUT2D eigenvalue weighted by atomic mass is 16.1. The van der Waals surface area contributed by atoms with Crippen molar-refractivity contribution in [1.82, 2.24) is 0 Å². The highest BCUT2D eigenvalue weighted by molar-refractivity contribution is 5.55.